The molecule has 0 aromatic carbocycles. The van der Waals surface area contributed by atoms with Gasteiger partial charge in [0, 0.05) is 18.8 Å². The van der Waals surface area contributed by atoms with E-state index >= 15 is 0 Å². The van der Waals surface area contributed by atoms with Crippen LogP contribution in [-0.2, 0) is 6.54 Å². The highest BCUT2D eigenvalue weighted by molar-refractivity contribution is 5.23. The van der Waals surface area contributed by atoms with Crippen molar-refractivity contribution in [3.8, 4) is 0 Å². The van der Waals surface area contributed by atoms with Gasteiger partial charge in [-0.25, -0.2) is 0 Å². The Bertz CT molecular complexity index is 366. The van der Waals surface area contributed by atoms with E-state index in [-0.39, 0.29) is 6.10 Å². The second-order valence-corrected chi connectivity index (χ2v) is 5.26. The zero-order valence-electron chi connectivity index (χ0n) is 11.1. The maximum absolute atomic E-state index is 9.98. The summed E-state index contributed by atoms with van der Waals surface area (Å²) in [6.45, 7) is 1.87. The molecular weight excluding hydrogens is 228 g/mol. The third kappa shape index (κ3) is 3.46. The lowest BCUT2D eigenvalue weighted by Crippen LogP contribution is -2.43. The monoisotopic (exact) mass is 252 g/mol. The molecular formula is C13H24N4O. The summed E-state index contributed by atoms with van der Waals surface area (Å²) >= 11 is 0. The summed E-state index contributed by atoms with van der Waals surface area (Å²) in [5.41, 5.74) is 5.57. The largest absolute Gasteiger partial charge is 0.391 e. The van der Waals surface area contributed by atoms with Gasteiger partial charge < -0.3 is 15.7 Å². The molecule has 2 unspecified atom stereocenters. The molecule has 0 radical (unpaired) electrons. The van der Waals surface area contributed by atoms with E-state index in [0.717, 1.165) is 38.8 Å². The van der Waals surface area contributed by atoms with Crippen molar-refractivity contribution < 1.29 is 5.11 Å². The Morgan fingerprint density at radius 2 is 2.28 bits per heavy atom. The first-order valence-corrected chi connectivity index (χ1v) is 6.84. The van der Waals surface area contributed by atoms with Gasteiger partial charge >= 0.3 is 0 Å². The number of aryl methyl sites for hydroxylation is 1. The van der Waals surface area contributed by atoms with Crippen LogP contribution in [0.2, 0.25) is 0 Å². The molecule has 1 aliphatic carbocycles. The third-order valence-corrected chi connectivity index (χ3v) is 3.82. The van der Waals surface area contributed by atoms with Crippen molar-refractivity contribution in [2.24, 2.45) is 0 Å². The molecule has 1 aromatic heterocycles. The van der Waals surface area contributed by atoms with Crippen LogP contribution in [0.3, 0.4) is 0 Å². The summed E-state index contributed by atoms with van der Waals surface area (Å²) in [6, 6.07) is 2.15. The van der Waals surface area contributed by atoms with E-state index in [1.54, 1.807) is 0 Å². The number of hydrogen-bond acceptors (Lipinski definition) is 4. The molecule has 5 heteroatoms. The van der Waals surface area contributed by atoms with Crippen LogP contribution < -0.4 is 5.73 Å². The van der Waals surface area contributed by atoms with Crippen LogP contribution in [0.25, 0.3) is 0 Å². The number of nitrogen functional groups attached to an aromatic ring is 1. The van der Waals surface area contributed by atoms with Crippen molar-refractivity contribution in [1.82, 2.24) is 14.7 Å². The molecule has 5 nitrogen and oxygen atoms in total. The molecule has 102 valence electrons. The number of anilines is 1. The molecule has 0 spiro atoms. The Hall–Kier alpha value is -1.07. The van der Waals surface area contributed by atoms with E-state index in [1.165, 1.54) is 6.42 Å². The summed E-state index contributed by atoms with van der Waals surface area (Å²) in [7, 11) is 2.11. The lowest BCUT2D eigenvalue weighted by atomic mass is 9.91. The number of hydrogen-bond donors (Lipinski definition) is 2. The van der Waals surface area contributed by atoms with Gasteiger partial charge in [-0.1, -0.05) is 12.8 Å². The van der Waals surface area contributed by atoms with Crippen LogP contribution in [0.5, 0.6) is 0 Å². The fraction of sp³-hybridized carbons (Fsp3) is 0.769. The lowest BCUT2D eigenvalue weighted by molar-refractivity contribution is 0.0313. The minimum atomic E-state index is -0.149. The molecule has 0 aliphatic heterocycles. The molecule has 0 bridgehead atoms. The molecule has 3 N–H and O–H groups in total. The Labute approximate surface area is 109 Å². The molecule has 1 heterocycles. The first kappa shape index (κ1) is 13.4. The van der Waals surface area contributed by atoms with Crippen LogP contribution in [0, 0.1) is 0 Å². The van der Waals surface area contributed by atoms with Crippen LogP contribution in [0.4, 0.5) is 5.82 Å². The fourth-order valence-electron chi connectivity index (χ4n) is 2.76. The summed E-state index contributed by atoms with van der Waals surface area (Å²) in [5.74, 6) is 0.575. The lowest BCUT2D eigenvalue weighted by Gasteiger charge is -2.35. The quantitative estimate of drug-likeness (QED) is 0.823. The average molecular weight is 252 g/mol. The van der Waals surface area contributed by atoms with Crippen LogP contribution in [0.1, 0.15) is 32.1 Å². The summed E-state index contributed by atoms with van der Waals surface area (Å²) in [6.07, 6.45) is 7.26. The average Bonchev–Trinajstić information content (AvgIpc) is 2.75. The Balaban J connectivity index is 1.72. The third-order valence-electron chi connectivity index (χ3n) is 3.82. The first-order valence-electron chi connectivity index (χ1n) is 6.84. The molecule has 1 fully saturated rings. The van der Waals surface area contributed by atoms with Crippen LogP contribution >= 0.6 is 0 Å². The number of aromatic nitrogens is 2. The minimum absolute atomic E-state index is 0.149. The van der Waals surface area contributed by atoms with Gasteiger partial charge in [0.15, 0.2) is 0 Å². The molecule has 0 saturated heterocycles. The van der Waals surface area contributed by atoms with Crippen LogP contribution in [-0.4, -0.2) is 45.5 Å². The highest BCUT2D eigenvalue weighted by atomic mass is 16.3. The molecule has 2 rings (SSSR count). The highest BCUT2D eigenvalue weighted by Crippen LogP contribution is 2.22. The molecule has 18 heavy (non-hydrogen) atoms. The number of nitrogens with zero attached hydrogens (tertiary/aromatic N) is 3. The zero-order valence-corrected chi connectivity index (χ0v) is 11.1. The summed E-state index contributed by atoms with van der Waals surface area (Å²) in [4.78, 5) is 2.29. The molecule has 1 aliphatic rings. The molecule has 0 amide bonds. The molecule has 2 atom stereocenters. The van der Waals surface area contributed by atoms with Crippen molar-refractivity contribution in [1.29, 1.82) is 0 Å². The van der Waals surface area contributed by atoms with Gasteiger partial charge in [0.25, 0.3) is 0 Å². The number of aliphatic hydroxyl groups excluding tert-OH is 1. The van der Waals surface area contributed by atoms with Gasteiger partial charge in [-0.3, -0.25) is 4.68 Å². The van der Waals surface area contributed by atoms with E-state index in [4.69, 9.17) is 5.73 Å². The fourth-order valence-corrected chi connectivity index (χ4v) is 2.76. The topological polar surface area (TPSA) is 67.3 Å². The first-order chi connectivity index (χ1) is 8.66. The zero-order chi connectivity index (χ0) is 13.0. The van der Waals surface area contributed by atoms with Gasteiger partial charge in [-0.15, -0.1) is 0 Å². The number of nitrogens with two attached hydrogens (primary N) is 1. The molecule has 1 saturated carbocycles. The van der Waals surface area contributed by atoms with Gasteiger partial charge in [0.2, 0.25) is 0 Å². The second-order valence-electron chi connectivity index (χ2n) is 5.26. The Morgan fingerprint density at radius 3 is 2.94 bits per heavy atom. The van der Waals surface area contributed by atoms with E-state index in [1.807, 2.05) is 16.9 Å². The molecule has 1 aromatic rings. The smallest absolute Gasteiger partial charge is 0.145 e. The Kier molecular flexibility index (Phi) is 4.60. The van der Waals surface area contributed by atoms with Crippen molar-refractivity contribution in [3.63, 3.8) is 0 Å². The minimum Gasteiger partial charge on any atom is -0.391 e. The van der Waals surface area contributed by atoms with E-state index in [9.17, 15) is 5.11 Å². The number of rotatable bonds is 5. The van der Waals surface area contributed by atoms with E-state index in [2.05, 4.69) is 17.0 Å². The predicted octanol–water partition coefficient (Wildman–Crippen LogP) is 1.09. The van der Waals surface area contributed by atoms with Crippen LogP contribution in [0.15, 0.2) is 12.3 Å². The SMILES string of the molecule is CN(CCCn1ccc(N)n1)C1CCCCC1O. The predicted molar refractivity (Wildman–Crippen MR) is 72.1 cm³/mol. The number of likely N-dealkylation sites (N-methyl/N-ethyl adjacent to an activating group) is 1. The summed E-state index contributed by atoms with van der Waals surface area (Å²) < 4.78 is 1.88. The van der Waals surface area contributed by atoms with Crippen molar-refractivity contribution in [3.05, 3.63) is 12.3 Å². The second kappa shape index (κ2) is 6.20. The van der Waals surface area contributed by atoms with Crippen molar-refractivity contribution in [2.45, 2.75) is 50.8 Å². The van der Waals surface area contributed by atoms with E-state index in [0.29, 0.717) is 11.9 Å². The van der Waals surface area contributed by atoms with E-state index < -0.39 is 0 Å². The number of aliphatic hydroxyl groups is 1. The van der Waals surface area contributed by atoms with Gasteiger partial charge in [0.1, 0.15) is 5.82 Å². The highest BCUT2D eigenvalue weighted by Gasteiger charge is 2.25. The van der Waals surface area contributed by atoms with Gasteiger partial charge in [-0.2, -0.15) is 5.10 Å². The standard InChI is InChI=1S/C13H24N4O/c1-16(11-5-2-3-6-12(11)18)8-4-9-17-10-7-13(14)15-17/h7,10-12,18H,2-6,8-9H2,1H3,(H2,14,15). The summed E-state index contributed by atoms with van der Waals surface area (Å²) in [5, 5.41) is 14.1. The van der Waals surface area contributed by atoms with Crippen molar-refractivity contribution in [2.75, 3.05) is 19.3 Å². The maximum Gasteiger partial charge on any atom is 0.145 e. The van der Waals surface area contributed by atoms with Gasteiger partial charge in [0.05, 0.1) is 6.10 Å². The van der Waals surface area contributed by atoms with Gasteiger partial charge in [-0.05, 0) is 38.9 Å². The van der Waals surface area contributed by atoms with Crippen molar-refractivity contribution >= 4 is 5.82 Å². The Morgan fingerprint density at radius 1 is 1.50 bits per heavy atom. The normalized spacial score (nSPS) is 24.6. The maximum atomic E-state index is 9.98.